The smallest absolute Gasteiger partial charge is 0.0828 e. The molecule has 0 spiro atoms. The summed E-state index contributed by atoms with van der Waals surface area (Å²) in [5, 5.41) is 0. The van der Waals surface area contributed by atoms with E-state index in [2.05, 4.69) is 53.5 Å². The molecule has 2 aliphatic rings. The summed E-state index contributed by atoms with van der Waals surface area (Å²) in [5.41, 5.74) is -0.0954. The zero-order valence-electron chi connectivity index (χ0n) is 20.9. The standard InChI is InChI=1S/C25H49NO4/c1-8-24(5,12-10-14-27-23-18-26(7)19-23)28-15-11-13-25(6,9-2)30-22-16-21(17-22)29-20(3)4/h20-23H,8-19H2,1-7H3. The van der Waals surface area contributed by atoms with E-state index >= 15 is 0 Å². The summed E-state index contributed by atoms with van der Waals surface area (Å²) >= 11 is 0. The normalized spacial score (nSPS) is 26.8. The lowest BCUT2D eigenvalue weighted by molar-refractivity contribution is -0.173. The number of hydrogen-bond donors (Lipinski definition) is 0. The van der Waals surface area contributed by atoms with Gasteiger partial charge in [0.25, 0.3) is 0 Å². The predicted octanol–water partition coefficient (Wildman–Crippen LogP) is 5.20. The highest BCUT2D eigenvalue weighted by Gasteiger charge is 2.36. The second-order valence-electron chi connectivity index (χ2n) is 10.4. The van der Waals surface area contributed by atoms with Gasteiger partial charge in [-0.25, -0.2) is 0 Å². The first-order chi connectivity index (χ1) is 14.2. The van der Waals surface area contributed by atoms with Gasteiger partial charge in [-0.15, -0.1) is 0 Å². The molecule has 2 unspecified atom stereocenters. The fourth-order valence-corrected chi connectivity index (χ4v) is 4.39. The van der Waals surface area contributed by atoms with Crippen LogP contribution in [0.3, 0.4) is 0 Å². The predicted molar refractivity (Wildman–Crippen MR) is 123 cm³/mol. The van der Waals surface area contributed by atoms with Gasteiger partial charge < -0.3 is 23.8 Å². The molecule has 178 valence electrons. The van der Waals surface area contributed by atoms with E-state index in [0.717, 1.165) is 77.7 Å². The monoisotopic (exact) mass is 427 g/mol. The Bertz CT molecular complexity index is 476. The molecule has 2 rings (SSSR count). The summed E-state index contributed by atoms with van der Waals surface area (Å²) in [4.78, 5) is 2.29. The molecule has 0 aromatic rings. The zero-order valence-corrected chi connectivity index (χ0v) is 20.9. The molecule has 30 heavy (non-hydrogen) atoms. The van der Waals surface area contributed by atoms with Crippen LogP contribution in [0.2, 0.25) is 0 Å². The van der Waals surface area contributed by atoms with Crippen molar-refractivity contribution in [1.82, 2.24) is 4.90 Å². The molecule has 1 saturated carbocycles. The zero-order chi connectivity index (χ0) is 22.2. The summed E-state index contributed by atoms with van der Waals surface area (Å²) in [6.45, 7) is 17.0. The van der Waals surface area contributed by atoms with Crippen LogP contribution < -0.4 is 0 Å². The maximum absolute atomic E-state index is 6.46. The van der Waals surface area contributed by atoms with Crippen molar-refractivity contribution in [2.24, 2.45) is 0 Å². The largest absolute Gasteiger partial charge is 0.376 e. The van der Waals surface area contributed by atoms with E-state index in [1.165, 1.54) is 0 Å². The van der Waals surface area contributed by atoms with Crippen LogP contribution >= 0.6 is 0 Å². The van der Waals surface area contributed by atoms with E-state index in [1.807, 2.05) is 0 Å². The topological polar surface area (TPSA) is 40.2 Å². The molecule has 0 amide bonds. The van der Waals surface area contributed by atoms with E-state index in [0.29, 0.717) is 24.4 Å². The summed E-state index contributed by atoms with van der Waals surface area (Å²) in [5.74, 6) is 0. The third kappa shape index (κ3) is 8.74. The van der Waals surface area contributed by atoms with Crippen molar-refractivity contribution in [2.75, 3.05) is 33.4 Å². The Labute approximate surface area is 186 Å². The lowest BCUT2D eigenvalue weighted by atomic mass is 9.89. The maximum atomic E-state index is 6.46. The van der Waals surface area contributed by atoms with Gasteiger partial charge in [-0.05, 0) is 86.1 Å². The molecule has 0 bridgehead atoms. The SMILES string of the molecule is CCC(C)(CCCOC1CN(C)C1)OCCCC(C)(CC)OC1CC(OC(C)C)C1. The molecule has 5 nitrogen and oxygen atoms in total. The Kier molecular flexibility index (Phi) is 10.6. The summed E-state index contributed by atoms with van der Waals surface area (Å²) < 4.78 is 24.6. The van der Waals surface area contributed by atoms with Crippen molar-refractivity contribution in [3.63, 3.8) is 0 Å². The first kappa shape index (κ1) is 26.1. The van der Waals surface area contributed by atoms with Crippen molar-refractivity contribution in [3.8, 4) is 0 Å². The number of nitrogens with zero attached hydrogens (tertiary/aromatic N) is 1. The average molecular weight is 428 g/mol. The minimum atomic E-state index is -0.0524. The van der Waals surface area contributed by atoms with Gasteiger partial charge in [0, 0.05) is 26.3 Å². The molecular weight excluding hydrogens is 378 g/mol. The van der Waals surface area contributed by atoms with E-state index in [-0.39, 0.29) is 11.2 Å². The first-order valence-corrected chi connectivity index (χ1v) is 12.4. The molecule has 0 N–H and O–H groups in total. The lowest BCUT2D eigenvalue weighted by Crippen LogP contribution is -2.49. The molecule has 2 fully saturated rings. The molecule has 0 aromatic carbocycles. The molecule has 1 heterocycles. The van der Waals surface area contributed by atoms with Crippen LogP contribution in [0.25, 0.3) is 0 Å². The highest BCUT2D eigenvalue weighted by molar-refractivity contribution is 4.86. The van der Waals surface area contributed by atoms with Gasteiger partial charge in [0.05, 0.1) is 35.6 Å². The van der Waals surface area contributed by atoms with Crippen molar-refractivity contribution in [3.05, 3.63) is 0 Å². The lowest BCUT2D eigenvalue weighted by Gasteiger charge is -2.42. The number of hydrogen-bond acceptors (Lipinski definition) is 5. The Morgan fingerprint density at radius 1 is 0.867 bits per heavy atom. The van der Waals surface area contributed by atoms with E-state index < -0.39 is 0 Å². The second-order valence-corrected chi connectivity index (χ2v) is 10.4. The third-order valence-electron chi connectivity index (χ3n) is 7.00. The molecule has 2 atom stereocenters. The van der Waals surface area contributed by atoms with Crippen molar-refractivity contribution < 1.29 is 18.9 Å². The van der Waals surface area contributed by atoms with Gasteiger partial charge in [-0.3, -0.25) is 0 Å². The van der Waals surface area contributed by atoms with Gasteiger partial charge in [-0.1, -0.05) is 13.8 Å². The van der Waals surface area contributed by atoms with E-state index in [1.54, 1.807) is 0 Å². The summed E-state index contributed by atoms with van der Waals surface area (Å²) in [6.07, 6.45) is 9.89. The number of likely N-dealkylation sites (tertiary alicyclic amines) is 1. The fourth-order valence-electron chi connectivity index (χ4n) is 4.39. The van der Waals surface area contributed by atoms with Gasteiger partial charge in [0.1, 0.15) is 0 Å². The van der Waals surface area contributed by atoms with Gasteiger partial charge in [0.15, 0.2) is 0 Å². The number of ether oxygens (including phenoxy) is 4. The van der Waals surface area contributed by atoms with Crippen molar-refractivity contribution in [1.29, 1.82) is 0 Å². The van der Waals surface area contributed by atoms with Crippen LogP contribution in [0.5, 0.6) is 0 Å². The van der Waals surface area contributed by atoms with Crippen LogP contribution in [-0.2, 0) is 18.9 Å². The quantitative estimate of drug-likeness (QED) is 0.317. The molecule has 0 aromatic heterocycles. The van der Waals surface area contributed by atoms with Crippen LogP contribution in [0.1, 0.15) is 92.9 Å². The Morgan fingerprint density at radius 3 is 2.03 bits per heavy atom. The van der Waals surface area contributed by atoms with Gasteiger partial charge >= 0.3 is 0 Å². The molecule has 1 saturated heterocycles. The highest BCUT2D eigenvalue weighted by Crippen LogP contribution is 2.34. The average Bonchev–Trinajstić information content (AvgIpc) is 2.65. The molecule has 1 aliphatic carbocycles. The van der Waals surface area contributed by atoms with Crippen molar-refractivity contribution >= 4 is 0 Å². The Balaban J connectivity index is 1.59. The molecular formula is C25H49NO4. The fraction of sp³-hybridized carbons (Fsp3) is 1.00. The van der Waals surface area contributed by atoms with Crippen LogP contribution in [0.4, 0.5) is 0 Å². The van der Waals surface area contributed by atoms with E-state index in [9.17, 15) is 0 Å². The Hall–Kier alpha value is -0.200. The number of likely N-dealkylation sites (N-methyl/N-ethyl adjacent to an activating group) is 1. The van der Waals surface area contributed by atoms with E-state index in [4.69, 9.17) is 18.9 Å². The maximum Gasteiger partial charge on any atom is 0.0828 e. The first-order valence-electron chi connectivity index (χ1n) is 12.4. The van der Waals surface area contributed by atoms with Gasteiger partial charge in [-0.2, -0.15) is 0 Å². The van der Waals surface area contributed by atoms with Gasteiger partial charge in [0.2, 0.25) is 0 Å². The minimum Gasteiger partial charge on any atom is -0.376 e. The highest BCUT2D eigenvalue weighted by atomic mass is 16.5. The van der Waals surface area contributed by atoms with Crippen LogP contribution in [0.15, 0.2) is 0 Å². The summed E-state index contributed by atoms with van der Waals surface area (Å²) in [7, 11) is 2.14. The summed E-state index contributed by atoms with van der Waals surface area (Å²) in [6, 6.07) is 0. The Morgan fingerprint density at radius 2 is 1.47 bits per heavy atom. The molecule has 5 heteroatoms. The number of rotatable bonds is 16. The molecule has 0 radical (unpaired) electrons. The van der Waals surface area contributed by atoms with Crippen molar-refractivity contribution in [2.45, 2.75) is 129 Å². The second kappa shape index (κ2) is 12.2. The third-order valence-corrected chi connectivity index (χ3v) is 7.00. The minimum absolute atomic E-state index is 0.0430. The van der Waals surface area contributed by atoms with Crippen LogP contribution in [0, 0.1) is 0 Å². The molecule has 1 aliphatic heterocycles. The van der Waals surface area contributed by atoms with Crippen LogP contribution in [-0.4, -0.2) is 73.9 Å².